The second-order valence-corrected chi connectivity index (χ2v) is 5.09. The van der Waals surface area contributed by atoms with Crippen LogP contribution in [-0.4, -0.2) is 20.9 Å². The Balaban J connectivity index is 1.98. The highest BCUT2D eigenvalue weighted by Crippen LogP contribution is 2.22. The third-order valence-corrected chi connectivity index (χ3v) is 3.34. The van der Waals surface area contributed by atoms with Gasteiger partial charge in [-0.3, -0.25) is 4.79 Å². The Morgan fingerprint density at radius 3 is 2.52 bits per heavy atom. The van der Waals surface area contributed by atoms with Crippen molar-refractivity contribution < 1.29 is 4.79 Å². The van der Waals surface area contributed by atoms with Crippen molar-refractivity contribution >= 4 is 44.2 Å². The second-order valence-electron chi connectivity index (χ2n) is 4.28. The van der Waals surface area contributed by atoms with Crippen LogP contribution in [0.25, 0.3) is 10.8 Å². The van der Waals surface area contributed by atoms with E-state index in [1.165, 1.54) is 18.6 Å². The first-order valence-corrected chi connectivity index (χ1v) is 6.86. The fraction of sp³-hybridized carbons (Fsp3) is 0. The van der Waals surface area contributed by atoms with Crippen molar-refractivity contribution in [3.8, 4) is 0 Å². The Hall–Kier alpha value is -2.54. The van der Waals surface area contributed by atoms with Gasteiger partial charge >= 0.3 is 0 Å². The molecule has 0 aliphatic rings. The number of rotatable bonds is 2. The molecule has 2 aromatic heterocycles. The largest absolute Gasteiger partial charge is 0.383 e. The fourth-order valence-corrected chi connectivity index (χ4v) is 2.16. The van der Waals surface area contributed by atoms with Crippen molar-refractivity contribution in [2.24, 2.45) is 0 Å². The molecule has 0 atom stereocenters. The Bertz CT molecular complexity index is 819. The summed E-state index contributed by atoms with van der Waals surface area (Å²) < 4.78 is 0.597. The Morgan fingerprint density at radius 2 is 1.81 bits per heavy atom. The van der Waals surface area contributed by atoms with Crippen LogP contribution in [0.15, 0.2) is 47.5 Å². The van der Waals surface area contributed by atoms with E-state index in [0.717, 1.165) is 10.8 Å². The molecule has 0 spiro atoms. The van der Waals surface area contributed by atoms with E-state index in [1.54, 1.807) is 0 Å². The van der Waals surface area contributed by atoms with Crippen LogP contribution in [-0.2, 0) is 0 Å². The lowest BCUT2D eigenvalue weighted by Crippen LogP contribution is -2.14. The van der Waals surface area contributed by atoms with Crippen molar-refractivity contribution in [1.29, 1.82) is 0 Å². The highest BCUT2D eigenvalue weighted by molar-refractivity contribution is 9.10. The van der Waals surface area contributed by atoms with Gasteiger partial charge in [-0.2, -0.15) is 0 Å². The summed E-state index contributed by atoms with van der Waals surface area (Å²) in [7, 11) is 0. The molecule has 2 heterocycles. The van der Waals surface area contributed by atoms with E-state index in [-0.39, 0.29) is 5.91 Å². The molecule has 6 nitrogen and oxygen atoms in total. The van der Waals surface area contributed by atoms with Crippen LogP contribution in [0.2, 0.25) is 0 Å². The molecular weight excluding hydrogens is 334 g/mol. The highest BCUT2D eigenvalue weighted by atomic mass is 79.9. The number of pyridine rings is 1. The molecule has 3 N–H and O–H groups in total. The third kappa shape index (κ3) is 2.68. The van der Waals surface area contributed by atoms with E-state index >= 15 is 0 Å². The van der Waals surface area contributed by atoms with Crippen molar-refractivity contribution in [1.82, 2.24) is 15.0 Å². The number of hydrogen-bond acceptors (Lipinski definition) is 5. The minimum Gasteiger partial charge on any atom is -0.383 e. The summed E-state index contributed by atoms with van der Waals surface area (Å²) in [5.74, 6) is 0.449. The van der Waals surface area contributed by atoms with Gasteiger partial charge < -0.3 is 11.1 Å². The molecule has 21 heavy (non-hydrogen) atoms. The SMILES string of the molecule is Nc1ncc(C(=O)Nc2cnc(Br)cn2)c2ccccc12. The van der Waals surface area contributed by atoms with Crippen molar-refractivity contribution in [2.75, 3.05) is 11.1 Å². The van der Waals surface area contributed by atoms with Crippen molar-refractivity contribution in [2.45, 2.75) is 0 Å². The molecule has 0 aliphatic carbocycles. The van der Waals surface area contributed by atoms with E-state index in [4.69, 9.17) is 5.73 Å². The number of halogens is 1. The van der Waals surface area contributed by atoms with E-state index in [2.05, 4.69) is 36.2 Å². The highest BCUT2D eigenvalue weighted by Gasteiger charge is 2.13. The quantitative estimate of drug-likeness (QED) is 0.745. The topological polar surface area (TPSA) is 93.8 Å². The van der Waals surface area contributed by atoms with Gasteiger partial charge in [0, 0.05) is 11.6 Å². The first kappa shape index (κ1) is 13.4. The zero-order valence-corrected chi connectivity index (χ0v) is 12.3. The molecule has 0 saturated heterocycles. The van der Waals surface area contributed by atoms with Gasteiger partial charge in [-0.25, -0.2) is 15.0 Å². The Labute approximate surface area is 128 Å². The third-order valence-electron chi connectivity index (χ3n) is 2.93. The smallest absolute Gasteiger partial charge is 0.259 e. The summed E-state index contributed by atoms with van der Waals surface area (Å²) >= 11 is 3.19. The van der Waals surface area contributed by atoms with Crippen LogP contribution in [0.3, 0.4) is 0 Å². The number of amides is 1. The molecule has 0 saturated carbocycles. The minimum atomic E-state index is -0.310. The van der Waals surface area contributed by atoms with E-state index in [9.17, 15) is 4.79 Å². The molecule has 0 fully saturated rings. The first-order valence-electron chi connectivity index (χ1n) is 6.07. The van der Waals surface area contributed by atoms with Crippen LogP contribution < -0.4 is 11.1 Å². The number of hydrogen-bond donors (Lipinski definition) is 2. The summed E-state index contributed by atoms with van der Waals surface area (Å²) in [6, 6.07) is 7.35. The maximum Gasteiger partial charge on any atom is 0.259 e. The number of anilines is 2. The minimum absolute atomic E-state index is 0.310. The summed E-state index contributed by atoms with van der Waals surface area (Å²) in [5, 5.41) is 4.17. The van der Waals surface area contributed by atoms with Gasteiger partial charge in [0.05, 0.1) is 18.0 Å². The Kier molecular flexibility index (Phi) is 3.49. The molecule has 0 bridgehead atoms. The predicted molar refractivity (Wildman–Crippen MR) is 83.8 cm³/mol. The molecular formula is C14H10BrN5O. The van der Waals surface area contributed by atoms with Crippen LogP contribution in [0.5, 0.6) is 0 Å². The zero-order chi connectivity index (χ0) is 14.8. The Morgan fingerprint density at radius 1 is 1.05 bits per heavy atom. The maximum absolute atomic E-state index is 12.4. The molecule has 0 radical (unpaired) electrons. The van der Waals surface area contributed by atoms with Crippen LogP contribution in [0, 0.1) is 0 Å². The van der Waals surface area contributed by atoms with Crippen molar-refractivity contribution in [3.63, 3.8) is 0 Å². The average molecular weight is 344 g/mol. The number of nitrogens with one attached hydrogen (secondary N) is 1. The first-order chi connectivity index (χ1) is 10.1. The lowest BCUT2D eigenvalue weighted by Gasteiger charge is -2.08. The van der Waals surface area contributed by atoms with E-state index in [1.807, 2.05) is 24.3 Å². The van der Waals surface area contributed by atoms with Gasteiger partial charge in [0.2, 0.25) is 0 Å². The van der Waals surface area contributed by atoms with Gasteiger partial charge in [-0.1, -0.05) is 24.3 Å². The van der Waals surface area contributed by atoms with Crippen LogP contribution >= 0.6 is 15.9 Å². The van der Waals surface area contributed by atoms with Gasteiger partial charge in [0.15, 0.2) is 5.82 Å². The summed E-state index contributed by atoms with van der Waals surface area (Å²) in [5.41, 5.74) is 6.26. The lowest BCUT2D eigenvalue weighted by atomic mass is 10.1. The van der Waals surface area contributed by atoms with Crippen LogP contribution in [0.1, 0.15) is 10.4 Å². The molecule has 3 aromatic rings. The standard InChI is InChI=1S/C14H10BrN5O/c15-11-6-18-12(7-17-11)20-14(21)10-5-19-13(16)9-4-2-1-3-8(9)10/h1-7H,(H2,16,19)(H,18,20,21). The van der Waals surface area contributed by atoms with Crippen molar-refractivity contribution in [3.05, 3.63) is 53.0 Å². The number of nitrogens with two attached hydrogens (primary N) is 1. The summed E-state index contributed by atoms with van der Waals surface area (Å²) in [6.07, 6.45) is 4.43. The van der Waals surface area contributed by atoms with Gasteiger partial charge in [-0.15, -0.1) is 0 Å². The normalized spacial score (nSPS) is 10.5. The van der Waals surface area contributed by atoms with Gasteiger partial charge in [-0.05, 0) is 21.3 Å². The predicted octanol–water partition coefficient (Wildman–Crippen LogP) is 2.62. The number of nitrogens with zero attached hydrogens (tertiary/aromatic N) is 3. The number of aromatic nitrogens is 3. The number of benzene rings is 1. The molecule has 3 rings (SSSR count). The monoisotopic (exact) mass is 343 g/mol. The summed E-state index contributed by atoms with van der Waals surface area (Å²) in [6.45, 7) is 0. The molecule has 0 aliphatic heterocycles. The molecule has 1 aromatic carbocycles. The van der Waals surface area contributed by atoms with E-state index < -0.39 is 0 Å². The number of fused-ring (bicyclic) bond motifs is 1. The lowest BCUT2D eigenvalue weighted by molar-refractivity contribution is 0.102. The van der Waals surface area contributed by atoms with E-state index in [0.29, 0.717) is 21.8 Å². The molecule has 1 amide bonds. The number of carbonyl (C=O) groups is 1. The molecule has 104 valence electrons. The molecule has 7 heteroatoms. The summed E-state index contributed by atoms with van der Waals surface area (Å²) in [4.78, 5) is 24.5. The maximum atomic E-state index is 12.4. The number of nitrogen functional groups attached to an aromatic ring is 1. The zero-order valence-electron chi connectivity index (χ0n) is 10.7. The van der Waals surface area contributed by atoms with Gasteiger partial charge in [0.1, 0.15) is 10.4 Å². The second kappa shape index (κ2) is 5.45. The van der Waals surface area contributed by atoms with Crippen LogP contribution in [0.4, 0.5) is 11.6 Å². The number of carbonyl (C=O) groups excluding carboxylic acids is 1. The van der Waals surface area contributed by atoms with Gasteiger partial charge in [0.25, 0.3) is 5.91 Å². The average Bonchev–Trinajstić information content (AvgIpc) is 2.50. The molecule has 0 unspecified atom stereocenters. The fourth-order valence-electron chi connectivity index (χ4n) is 1.96.